The maximum absolute atomic E-state index is 11.3. The van der Waals surface area contributed by atoms with E-state index in [0.717, 1.165) is 6.42 Å². The van der Waals surface area contributed by atoms with Crippen LogP contribution in [0.25, 0.3) is 0 Å². The Morgan fingerprint density at radius 3 is 2.85 bits per heavy atom. The Morgan fingerprint density at radius 1 is 1.62 bits per heavy atom. The Morgan fingerprint density at radius 2 is 2.31 bits per heavy atom. The van der Waals surface area contributed by atoms with E-state index in [1.54, 1.807) is 12.2 Å². The molecular formula is C9H11NO2S. The van der Waals surface area contributed by atoms with Crippen LogP contribution < -0.4 is 4.72 Å². The first-order valence-corrected chi connectivity index (χ1v) is 5.11. The van der Waals surface area contributed by atoms with E-state index in [1.165, 1.54) is 6.08 Å². The summed E-state index contributed by atoms with van der Waals surface area (Å²) in [7, 11) is -1.40. The van der Waals surface area contributed by atoms with Crippen molar-refractivity contribution in [2.24, 2.45) is 0 Å². The zero-order valence-electron chi connectivity index (χ0n) is 7.37. The molecule has 4 heteroatoms. The molecule has 1 saturated heterocycles. The van der Waals surface area contributed by atoms with Gasteiger partial charge in [-0.15, -0.1) is 0 Å². The molecule has 1 fully saturated rings. The quantitative estimate of drug-likeness (QED) is 0.676. The lowest BCUT2D eigenvalue weighted by Gasteiger charge is -1.91. The number of nitrogens with one attached hydrogen (secondary N) is 1. The number of hydrogen-bond donors (Lipinski definition) is 1. The van der Waals surface area contributed by atoms with Gasteiger partial charge in [0.05, 0.1) is 10.5 Å². The molecule has 1 amide bonds. The molecule has 0 spiro atoms. The Hall–Kier alpha value is -1.16. The molecule has 1 N–H and O–H groups in total. The second kappa shape index (κ2) is 4.18. The van der Waals surface area contributed by atoms with Gasteiger partial charge in [0.1, 0.15) is 0 Å². The number of rotatable bonds is 2. The van der Waals surface area contributed by atoms with Gasteiger partial charge in [0, 0.05) is 0 Å². The molecule has 0 radical (unpaired) electrons. The number of carbonyl (C=O) groups is 1. The van der Waals surface area contributed by atoms with Gasteiger partial charge in [0.2, 0.25) is 0 Å². The van der Waals surface area contributed by atoms with E-state index in [9.17, 15) is 9.00 Å². The Bertz CT molecular complexity index is 329. The van der Waals surface area contributed by atoms with E-state index in [1.807, 2.05) is 6.92 Å². The minimum absolute atomic E-state index is 0.270. The van der Waals surface area contributed by atoms with Crippen molar-refractivity contribution in [3.05, 3.63) is 35.3 Å². The molecule has 0 aromatic rings. The number of hydrogen-bond acceptors (Lipinski definition) is 2. The summed E-state index contributed by atoms with van der Waals surface area (Å²) in [6.45, 7) is 5.42. The average Bonchev–Trinajstić information content (AvgIpc) is 2.33. The molecule has 0 saturated carbocycles. The monoisotopic (exact) mass is 197 g/mol. The molecule has 0 aromatic heterocycles. The minimum Gasteiger partial charge on any atom is -0.268 e. The lowest BCUT2D eigenvalue weighted by atomic mass is 10.2. The van der Waals surface area contributed by atoms with Crippen molar-refractivity contribution < 1.29 is 9.00 Å². The first-order chi connectivity index (χ1) is 6.20. The van der Waals surface area contributed by atoms with Gasteiger partial charge < -0.3 is 0 Å². The van der Waals surface area contributed by atoms with Crippen LogP contribution in [0.3, 0.4) is 0 Å². The van der Waals surface area contributed by atoms with Gasteiger partial charge in [-0.1, -0.05) is 25.7 Å². The van der Waals surface area contributed by atoms with Gasteiger partial charge in [-0.05, 0) is 12.5 Å². The van der Waals surface area contributed by atoms with Crippen LogP contribution in [0.4, 0.5) is 0 Å². The Labute approximate surface area is 79.8 Å². The third-order valence-corrected chi connectivity index (χ3v) is 2.70. The second-order valence-corrected chi connectivity index (χ2v) is 3.67. The predicted molar refractivity (Wildman–Crippen MR) is 52.9 cm³/mol. The molecule has 13 heavy (non-hydrogen) atoms. The van der Waals surface area contributed by atoms with Crippen LogP contribution in [0.5, 0.6) is 0 Å². The fourth-order valence-corrected chi connectivity index (χ4v) is 2.05. The van der Waals surface area contributed by atoms with Crippen molar-refractivity contribution in [3.63, 3.8) is 0 Å². The summed E-state index contributed by atoms with van der Waals surface area (Å²) < 4.78 is 13.6. The smallest absolute Gasteiger partial charge is 0.264 e. The van der Waals surface area contributed by atoms with Crippen molar-refractivity contribution in [3.8, 4) is 0 Å². The van der Waals surface area contributed by atoms with Gasteiger partial charge in [0.15, 0.2) is 11.0 Å². The van der Waals surface area contributed by atoms with Gasteiger partial charge in [-0.2, -0.15) is 0 Å². The van der Waals surface area contributed by atoms with Crippen LogP contribution in [-0.2, 0) is 15.8 Å². The molecule has 0 bridgehead atoms. The van der Waals surface area contributed by atoms with Crippen molar-refractivity contribution in [2.45, 2.75) is 13.3 Å². The van der Waals surface area contributed by atoms with Gasteiger partial charge in [-0.25, -0.2) is 4.21 Å². The maximum Gasteiger partial charge on any atom is 0.264 e. The lowest BCUT2D eigenvalue weighted by molar-refractivity contribution is -0.115. The van der Waals surface area contributed by atoms with Crippen LogP contribution in [0.15, 0.2) is 35.3 Å². The Balaban J connectivity index is 3.11. The standard InChI is InChI=1S/C9H11NO2S/c1-3-5-7-8(6-4-2)13(12)10-9(7)11/h4-6H,2-3H2,1H3,(H,10,11)/b7-5+,8-6+. The van der Waals surface area contributed by atoms with E-state index in [4.69, 9.17) is 0 Å². The van der Waals surface area contributed by atoms with E-state index in [-0.39, 0.29) is 5.91 Å². The number of carbonyl (C=O) groups excluding carboxylic acids is 1. The average molecular weight is 197 g/mol. The van der Waals surface area contributed by atoms with E-state index < -0.39 is 11.0 Å². The van der Waals surface area contributed by atoms with E-state index in [0.29, 0.717) is 10.5 Å². The van der Waals surface area contributed by atoms with Gasteiger partial charge in [0.25, 0.3) is 5.91 Å². The van der Waals surface area contributed by atoms with E-state index in [2.05, 4.69) is 11.3 Å². The first kappa shape index (κ1) is 9.92. The van der Waals surface area contributed by atoms with Crippen molar-refractivity contribution in [1.29, 1.82) is 0 Å². The highest BCUT2D eigenvalue weighted by molar-refractivity contribution is 7.88. The summed E-state index contributed by atoms with van der Waals surface area (Å²) in [4.78, 5) is 11.7. The van der Waals surface area contributed by atoms with Crippen LogP contribution in [-0.4, -0.2) is 10.1 Å². The van der Waals surface area contributed by atoms with Crippen molar-refractivity contribution in [2.75, 3.05) is 0 Å². The molecule has 1 rings (SSSR count). The largest absolute Gasteiger partial charge is 0.268 e. The van der Waals surface area contributed by atoms with Crippen LogP contribution in [0.2, 0.25) is 0 Å². The highest BCUT2D eigenvalue weighted by atomic mass is 32.2. The number of amides is 1. The molecule has 0 aromatic carbocycles. The SMILES string of the molecule is C=C/C=C1\C(=C/CC)C(=O)NS1=O. The lowest BCUT2D eigenvalue weighted by Crippen LogP contribution is -2.15. The fourth-order valence-electron chi connectivity index (χ4n) is 1.06. The number of allylic oxidation sites excluding steroid dienone is 3. The molecule has 3 nitrogen and oxygen atoms in total. The predicted octanol–water partition coefficient (Wildman–Crippen LogP) is 1.19. The summed E-state index contributed by atoms with van der Waals surface area (Å²) in [6.07, 6.45) is 5.62. The summed E-state index contributed by atoms with van der Waals surface area (Å²) in [5.74, 6) is -0.270. The molecule has 1 heterocycles. The third-order valence-electron chi connectivity index (χ3n) is 1.57. The fraction of sp³-hybridized carbons (Fsp3) is 0.222. The first-order valence-electron chi connectivity index (χ1n) is 3.96. The zero-order valence-corrected chi connectivity index (χ0v) is 8.19. The van der Waals surface area contributed by atoms with Crippen molar-refractivity contribution in [1.82, 2.24) is 4.72 Å². The molecule has 1 aliphatic heterocycles. The molecule has 70 valence electrons. The second-order valence-electron chi connectivity index (χ2n) is 2.49. The summed E-state index contributed by atoms with van der Waals surface area (Å²) in [5, 5.41) is 0. The van der Waals surface area contributed by atoms with Crippen LogP contribution in [0.1, 0.15) is 13.3 Å². The summed E-state index contributed by atoms with van der Waals surface area (Å²) >= 11 is 0. The zero-order chi connectivity index (χ0) is 9.84. The normalized spacial score (nSPS) is 28.1. The minimum atomic E-state index is -1.40. The van der Waals surface area contributed by atoms with Crippen LogP contribution in [0, 0.1) is 0 Å². The summed E-state index contributed by atoms with van der Waals surface area (Å²) in [6, 6.07) is 0. The highest BCUT2D eigenvalue weighted by Crippen LogP contribution is 2.20. The molecular weight excluding hydrogens is 186 g/mol. The maximum atomic E-state index is 11.3. The molecule has 0 aliphatic carbocycles. The highest BCUT2D eigenvalue weighted by Gasteiger charge is 2.27. The third kappa shape index (κ3) is 1.95. The van der Waals surface area contributed by atoms with Gasteiger partial charge in [-0.3, -0.25) is 9.52 Å². The van der Waals surface area contributed by atoms with Gasteiger partial charge >= 0.3 is 0 Å². The molecule has 1 aliphatic rings. The molecule has 1 unspecified atom stereocenters. The molecule has 1 atom stereocenters. The van der Waals surface area contributed by atoms with Crippen molar-refractivity contribution >= 4 is 16.9 Å². The summed E-state index contributed by atoms with van der Waals surface area (Å²) in [5.41, 5.74) is 0.501. The Kier molecular flexibility index (Phi) is 3.19. The topological polar surface area (TPSA) is 46.2 Å². The van der Waals surface area contributed by atoms with E-state index >= 15 is 0 Å². The van der Waals surface area contributed by atoms with Crippen LogP contribution >= 0.6 is 0 Å².